The number of likely N-dealkylation sites (tertiary alicyclic amines) is 1. The summed E-state index contributed by atoms with van der Waals surface area (Å²) in [5.41, 5.74) is 0.547. The summed E-state index contributed by atoms with van der Waals surface area (Å²) in [6.45, 7) is 1.91. The number of rotatable bonds is 5. The number of hydrogen-bond acceptors (Lipinski definition) is 2. The highest BCUT2D eigenvalue weighted by molar-refractivity contribution is 5.98. The van der Waals surface area contributed by atoms with Crippen molar-refractivity contribution < 1.29 is 32.4 Å². The van der Waals surface area contributed by atoms with Gasteiger partial charge in [0.2, 0.25) is 5.69 Å². The average Bonchev–Trinajstić information content (AvgIpc) is 3.30. The zero-order valence-electron chi connectivity index (χ0n) is 16.1. The Hall–Kier alpha value is -2.91. The highest BCUT2D eigenvalue weighted by Gasteiger charge is 2.43. The maximum Gasteiger partial charge on any atom is 0.412 e. The summed E-state index contributed by atoms with van der Waals surface area (Å²) >= 11 is 0. The molecule has 3 atom stereocenters. The van der Waals surface area contributed by atoms with Crippen molar-refractivity contribution in [3.05, 3.63) is 71.8 Å². The van der Waals surface area contributed by atoms with Crippen LogP contribution in [0.2, 0.25) is 0 Å². The molecule has 1 aliphatic rings. The molecule has 1 saturated heterocycles. The number of aromatic amines is 1. The van der Waals surface area contributed by atoms with Crippen LogP contribution in [0.15, 0.2) is 54.7 Å². The van der Waals surface area contributed by atoms with Crippen molar-refractivity contribution in [3.63, 3.8) is 0 Å². The zero-order valence-corrected chi connectivity index (χ0v) is 16.1. The number of fused-ring (bicyclic) bond motifs is 1. The molecule has 158 valence electrons. The van der Waals surface area contributed by atoms with Crippen LogP contribution in [0.25, 0.3) is 5.52 Å². The van der Waals surface area contributed by atoms with Crippen molar-refractivity contribution in [2.75, 3.05) is 13.1 Å². The third-order valence-electron chi connectivity index (χ3n) is 5.41. The lowest BCUT2D eigenvalue weighted by atomic mass is 10.1. The third-order valence-corrected chi connectivity index (χ3v) is 5.41. The molecule has 3 heterocycles. The first-order valence-corrected chi connectivity index (χ1v) is 9.78. The number of aromatic nitrogens is 2. The minimum absolute atomic E-state index is 0.0300. The number of benzene rings is 1. The first-order chi connectivity index (χ1) is 14.3. The van der Waals surface area contributed by atoms with E-state index in [0.717, 1.165) is 11.4 Å². The van der Waals surface area contributed by atoms with E-state index in [9.17, 15) is 23.1 Å². The van der Waals surface area contributed by atoms with E-state index in [1.807, 2.05) is 0 Å². The van der Waals surface area contributed by atoms with E-state index in [-0.39, 0.29) is 17.4 Å². The van der Waals surface area contributed by atoms with E-state index in [1.54, 1.807) is 34.9 Å². The van der Waals surface area contributed by atoms with Crippen LogP contribution in [0.3, 0.4) is 0 Å². The molecular weight excluding hydrogens is 397 g/mol. The number of pyridine rings is 1. The zero-order chi connectivity index (χ0) is 21.3. The molecule has 2 aromatic heterocycles. The number of hydrogen-bond donors (Lipinski definition) is 4. The molecule has 9 heteroatoms. The first-order valence-electron chi connectivity index (χ1n) is 9.78. The number of halogens is 3. The fourth-order valence-corrected chi connectivity index (χ4v) is 3.96. The number of nitrogens with zero attached hydrogens (tertiary/aromatic N) is 1. The topological polar surface area (TPSA) is 73.7 Å². The van der Waals surface area contributed by atoms with Crippen LogP contribution in [0.1, 0.15) is 34.3 Å². The van der Waals surface area contributed by atoms with E-state index in [4.69, 9.17) is 0 Å². The van der Waals surface area contributed by atoms with Gasteiger partial charge in [-0.2, -0.15) is 17.6 Å². The van der Waals surface area contributed by atoms with Crippen LogP contribution in [0.5, 0.6) is 0 Å². The summed E-state index contributed by atoms with van der Waals surface area (Å²) in [4.78, 5) is 17.1. The Morgan fingerprint density at radius 1 is 1.23 bits per heavy atom. The Labute approximate surface area is 171 Å². The smallest absolute Gasteiger partial charge is 0.387 e. The van der Waals surface area contributed by atoms with Gasteiger partial charge in [-0.1, -0.05) is 36.4 Å². The minimum atomic E-state index is -4.63. The lowest BCUT2D eigenvalue weighted by molar-refractivity contribution is -0.908. The largest absolute Gasteiger partial charge is 0.412 e. The number of H-pyrrole nitrogens is 1. The van der Waals surface area contributed by atoms with Gasteiger partial charge in [0.05, 0.1) is 12.7 Å². The molecule has 0 bridgehead atoms. The van der Waals surface area contributed by atoms with Gasteiger partial charge in [-0.25, -0.2) is 4.98 Å². The molecule has 0 spiro atoms. The number of carbonyl (C=O) groups excluding carboxylic acids is 1. The lowest BCUT2D eigenvalue weighted by Crippen LogP contribution is -3.09. The fraction of sp³-hybridized carbons (Fsp3) is 0.333. The van der Waals surface area contributed by atoms with Gasteiger partial charge in [-0.3, -0.25) is 4.79 Å². The first kappa shape index (κ1) is 20.4. The third kappa shape index (κ3) is 4.17. The number of aliphatic hydroxyl groups is 1. The number of imidazole rings is 1. The summed E-state index contributed by atoms with van der Waals surface area (Å²) in [7, 11) is 0. The molecular formula is C21H23F3N4O2+2. The highest BCUT2D eigenvalue weighted by Crippen LogP contribution is 2.32. The number of carbonyl (C=O) groups is 1. The molecule has 1 fully saturated rings. The van der Waals surface area contributed by atoms with E-state index < -0.39 is 18.1 Å². The average molecular weight is 420 g/mol. The van der Waals surface area contributed by atoms with Gasteiger partial charge in [0.1, 0.15) is 12.6 Å². The molecule has 4 N–H and O–H groups in total. The molecule has 0 radical (unpaired) electrons. The summed E-state index contributed by atoms with van der Waals surface area (Å²) in [5, 5.41) is 11.9. The molecule has 3 unspecified atom stereocenters. The fourth-order valence-electron chi connectivity index (χ4n) is 3.96. The summed E-state index contributed by atoms with van der Waals surface area (Å²) in [6.07, 6.45) is -2.52. The summed E-state index contributed by atoms with van der Waals surface area (Å²) < 4.78 is 42.7. The van der Waals surface area contributed by atoms with Crippen LogP contribution in [-0.2, 0) is 6.54 Å². The highest BCUT2D eigenvalue weighted by atomic mass is 19.4. The second kappa shape index (κ2) is 8.08. The van der Waals surface area contributed by atoms with Crippen LogP contribution in [0, 0.1) is 0 Å². The molecule has 1 amide bonds. The molecule has 1 aliphatic heterocycles. The standard InChI is InChI=1S/C21H21F3N4O2/c22-21(23,24)19(14-6-2-1-3-7-14)26-20(30)18-16-8-4-5-10-28(16)17(25-18)13-27-11-9-15(29)12-27/h1-8,10,15,19,29H,9,11-13H2,(H,26,30)/p+2. The Bertz CT molecular complexity index is 1040. The van der Waals surface area contributed by atoms with Crippen molar-refractivity contribution in [1.82, 2.24) is 10.3 Å². The number of amides is 1. The number of nitrogens with one attached hydrogen (secondary N) is 3. The van der Waals surface area contributed by atoms with Crippen molar-refractivity contribution in [2.24, 2.45) is 0 Å². The second-order valence-corrected chi connectivity index (χ2v) is 7.58. The summed E-state index contributed by atoms with van der Waals surface area (Å²) in [5.74, 6) is -0.129. The van der Waals surface area contributed by atoms with Gasteiger partial charge in [0.15, 0.2) is 18.1 Å². The van der Waals surface area contributed by atoms with Crippen molar-refractivity contribution >= 4 is 11.4 Å². The van der Waals surface area contributed by atoms with Gasteiger partial charge in [0.25, 0.3) is 5.91 Å². The van der Waals surface area contributed by atoms with Crippen molar-refractivity contribution in [1.29, 1.82) is 0 Å². The number of aliphatic hydroxyl groups excluding tert-OH is 1. The Morgan fingerprint density at radius 3 is 2.63 bits per heavy atom. The molecule has 4 rings (SSSR count). The van der Waals surface area contributed by atoms with Gasteiger partial charge in [-0.15, -0.1) is 0 Å². The van der Waals surface area contributed by atoms with Gasteiger partial charge < -0.3 is 15.3 Å². The molecule has 3 aromatic rings. The van der Waals surface area contributed by atoms with Crippen LogP contribution >= 0.6 is 0 Å². The summed E-state index contributed by atoms with van der Waals surface area (Å²) in [6, 6.07) is 10.4. The van der Waals surface area contributed by atoms with Crippen molar-refractivity contribution in [3.8, 4) is 0 Å². The molecule has 1 aromatic carbocycles. The number of quaternary nitrogens is 1. The molecule has 0 saturated carbocycles. The molecule has 0 aliphatic carbocycles. The quantitative estimate of drug-likeness (QED) is 0.464. The van der Waals surface area contributed by atoms with Crippen LogP contribution < -0.4 is 14.6 Å². The van der Waals surface area contributed by atoms with E-state index in [1.165, 1.54) is 24.3 Å². The molecule has 30 heavy (non-hydrogen) atoms. The SMILES string of the molecule is O=C(NC(c1ccccc1)C(F)(F)F)c1[nH]c(C[NH+]2CCC(O)C2)[n+]2ccccc12. The van der Waals surface area contributed by atoms with E-state index in [0.29, 0.717) is 30.9 Å². The van der Waals surface area contributed by atoms with E-state index >= 15 is 0 Å². The predicted octanol–water partition coefficient (Wildman–Crippen LogP) is 0.936. The minimum Gasteiger partial charge on any atom is -0.387 e. The van der Waals surface area contributed by atoms with Crippen LogP contribution in [-0.4, -0.2) is 41.4 Å². The maximum atomic E-state index is 13.7. The van der Waals surface area contributed by atoms with Crippen molar-refractivity contribution in [2.45, 2.75) is 31.3 Å². The monoisotopic (exact) mass is 420 g/mol. The van der Waals surface area contributed by atoms with Gasteiger partial charge in [0, 0.05) is 6.42 Å². The Kier molecular flexibility index (Phi) is 5.48. The van der Waals surface area contributed by atoms with Crippen LogP contribution in [0.4, 0.5) is 13.2 Å². The van der Waals surface area contributed by atoms with Gasteiger partial charge in [-0.05, 0) is 17.7 Å². The van der Waals surface area contributed by atoms with E-state index in [2.05, 4.69) is 10.3 Å². The second-order valence-electron chi connectivity index (χ2n) is 7.58. The lowest BCUT2D eigenvalue weighted by Gasteiger charge is -2.21. The Morgan fingerprint density at radius 2 is 1.97 bits per heavy atom. The predicted molar refractivity (Wildman–Crippen MR) is 102 cm³/mol. The number of alkyl halides is 3. The maximum absolute atomic E-state index is 13.7. The van der Waals surface area contributed by atoms with Gasteiger partial charge >= 0.3 is 12.0 Å². The molecule has 6 nitrogen and oxygen atoms in total. The Balaban J connectivity index is 1.64. The normalized spacial score (nSPS) is 20.4.